The van der Waals surface area contributed by atoms with Gasteiger partial charge < -0.3 is 9.80 Å². The molecule has 6 heteroatoms. The van der Waals surface area contributed by atoms with E-state index in [1.165, 1.54) is 31.5 Å². The second-order valence-electron chi connectivity index (χ2n) is 7.59. The number of nitrogens with zero attached hydrogens (tertiary/aromatic N) is 2. The number of nitrogens with one attached hydrogen (secondary N) is 1. The van der Waals surface area contributed by atoms with Crippen LogP contribution in [0.1, 0.15) is 23.2 Å². The molecule has 1 saturated heterocycles. The number of rotatable bonds is 4. The molecule has 0 spiro atoms. The first-order valence-corrected chi connectivity index (χ1v) is 9.16. The quantitative estimate of drug-likeness (QED) is 0.507. The van der Waals surface area contributed by atoms with Crippen LogP contribution in [0, 0.1) is 27.9 Å². The Balaban J connectivity index is 1.30. The van der Waals surface area contributed by atoms with Gasteiger partial charge in [-0.15, -0.1) is 0 Å². The van der Waals surface area contributed by atoms with Crippen molar-refractivity contribution < 1.29 is 14.6 Å². The zero-order valence-electron chi connectivity index (χ0n) is 14.3. The maximum Gasteiger partial charge on any atom is 0.269 e. The van der Waals surface area contributed by atoms with Crippen LogP contribution in [-0.2, 0) is 0 Å². The predicted molar refractivity (Wildman–Crippen MR) is 93.4 cm³/mol. The van der Waals surface area contributed by atoms with Gasteiger partial charge in [0.25, 0.3) is 11.6 Å². The Hall–Kier alpha value is -2.21. The van der Waals surface area contributed by atoms with Crippen LogP contribution in [0.2, 0.25) is 0 Å². The molecule has 2 aliphatic carbocycles. The van der Waals surface area contributed by atoms with Crippen LogP contribution in [0.15, 0.2) is 36.4 Å². The summed E-state index contributed by atoms with van der Waals surface area (Å²) in [4.78, 5) is 26.3. The van der Waals surface area contributed by atoms with Crippen molar-refractivity contribution in [3.8, 4) is 0 Å². The minimum Gasteiger partial charge on any atom is -0.332 e. The number of non-ortho nitro benzene ring substituents is 1. The third kappa shape index (κ3) is 3.31. The molecule has 1 aromatic carbocycles. The van der Waals surface area contributed by atoms with Crippen LogP contribution < -0.4 is 4.90 Å². The van der Waals surface area contributed by atoms with Gasteiger partial charge in [0, 0.05) is 23.6 Å². The lowest BCUT2D eigenvalue weighted by Gasteiger charge is -2.34. The van der Waals surface area contributed by atoms with E-state index in [4.69, 9.17) is 0 Å². The van der Waals surface area contributed by atoms with Gasteiger partial charge in [0.2, 0.25) is 0 Å². The van der Waals surface area contributed by atoms with Crippen LogP contribution in [0.25, 0.3) is 0 Å². The zero-order valence-corrected chi connectivity index (χ0v) is 14.3. The Morgan fingerprint density at radius 2 is 1.88 bits per heavy atom. The Kier molecular flexibility index (Phi) is 4.29. The lowest BCUT2D eigenvalue weighted by Crippen LogP contribution is -3.15. The lowest BCUT2D eigenvalue weighted by molar-refractivity contribution is -0.907. The van der Waals surface area contributed by atoms with Gasteiger partial charge in [0.15, 0.2) is 0 Å². The summed E-state index contributed by atoms with van der Waals surface area (Å²) in [7, 11) is 0. The van der Waals surface area contributed by atoms with E-state index in [1.54, 1.807) is 17.0 Å². The fourth-order valence-corrected chi connectivity index (χ4v) is 4.64. The van der Waals surface area contributed by atoms with E-state index >= 15 is 0 Å². The van der Waals surface area contributed by atoms with Gasteiger partial charge in [-0.25, -0.2) is 0 Å². The van der Waals surface area contributed by atoms with Crippen molar-refractivity contribution in [3.63, 3.8) is 0 Å². The maximum atomic E-state index is 12.6. The summed E-state index contributed by atoms with van der Waals surface area (Å²) in [5.41, 5.74) is 0.554. The van der Waals surface area contributed by atoms with Gasteiger partial charge in [0.05, 0.1) is 37.6 Å². The number of amides is 1. The fourth-order valence-electron chi connectivity index (χ4n) is 4.64. The van der Waals surface area contributed by atoms with Crippen molar-refractivity contribution in [1.82, 2.24) is 4.90 Å². The molecule has 3 aliphatic rings. The van der Waals surface area contributed by atoms with E-state index in [9.17, 15) is 14.9 Å². The third-order valence-corrected chi connectivity index (χ3v) is 6.05. The van der Waals surface area contributed by atoms with E-state index in [-0.39, 0.29) is 11.6 Å². The Labute approximate surface area is 147 Å². The van der Waals surface area contributed by atoms with E-state index in [1.807, 2.05) is 4.90 Å². The normalized spacial score (nSPS) is 28.5. The molecular weight excluding hydrogens is 318 g/mol. The number of nitro groups is 1. The summed E-state index contributed by atoms with van der Waals surface area (Å²) < 4.78 is 0. The number of hydrogen-bond donors (Lipinski definition) is 1. The predicted octanol–water partition coefficient (Wildman–Crippen LogP) is 1.15. The number of hydrogen-bond acceptors (Lipinski definition) is 3. The standard InChI is InChI=1S/C19H23N3O3/c23-19(15-3-5-18(6-4-15)22(24)25)21-9-7-20(8-10-21)13-17-12-14-1-2-16(17)11-14/h1-6,14,16-17H,7-13H2/p+1/t14-,16+,17+/m1/s1. The molecular formula is C19H24N3O3+. The molecule has 1 aliphatic heterocycles. The first kappa shape index (κ1) is 16.3. The molecule has 4 rings (SSSR count). The highest BCUT2D eigenvalue weighted by atomic mass is 16.6. The van der Waals surface area contributed by atoms with Gasteiger partial charge in [0.1, 0.15) is 0 Å². The average molecular weight is 342 g/mol. The van der Waals surface area contributed by atoms with E-state index in [0.29, 0.717) is 5.56 Å². The van der Waals surface area contributed by atoms with Crippen molar-refractivity contribution >= 4 is 11.6 Å². The first-order valence-electron chi connectivity index (χ1n) is 9.16. The molecule has 0 radical (unpaired) electrons. The van der Waals surface area contributed by atoms with Crippen molar-refractivity contribution in [2.24, 2.45) is 17.8 Å². The van der Waals surface area contributed by atoms with Crippen molar-refractivity contribution in [2.45, 2.75) is 12.8 Å². The number of quaternary nitrogens is 1. The highest BCUT2D eigenvalue weighted by molar-refractivity contribution is 5.94. The number of carbonyl (C=O) groups is 1. The van der Waals surface area contributed by atoms with Gasteiger partial charge in [-0.1, -0.05) is 12.2 Å². The molecule has 1 aromatic rings. The molecule has 0 aromatic heterocycles. The molecule has 1 N–H and O–H groups in total. The number of nitro benzene ring substituents is 1. The monoisotopic (exact) mass is 342 g/mol. The minimum atomic E-state index is -0.443. The van der Waals surface area contributed by atoms with Crippen molar-refractivity contribution in [2.75, 3.05) is 32.7 Å². The molecule has 3 atom stereocenters. The molecule has 1 amide bonds. The number of allylic oxidation sites excluding steroid dienone is 2. The molecule has 6 nitrogen and oxygen atoms in total. The smallest absolute Gasteiger partial charge is 0.269 e. The van der Waals surface area contributed by atoms with Crippen LogP contribution in [0.5, 0.6) is 0 Å². The number of piperazine rings is 1. The second kappa shape index (κ2) is 6.59. The van der Waals surface area contributed by atoms with Crippen LogP contribution in [0.3, 0.4) is 0 Å². The van der Waals surface area contributed by atoms with Crippen LogP contribution >= 0.6 is 0 Å². The molecule has 25 heavy (non-hydrogen) atoms. The highest BCUT2D eigenvalue weighted by Gasteiger charge is 2.38. The average Bonchev–Trinajstić information content (AvgIpc) is 3.25. The zero-order chi connectivity index (χ0) is 17.4. The number of carbonyl (C=O) groups excluding carboxylic acids is 1. The van der Waals surface area contributed by atoms with E-state index in [2.05, 4.69) is 12.2 Å². The van der Waals surface area contributed by atoms with Crippen molar-refractivity contribution in [1.29, 1.82) is 0 Å². The number of benzene rings is 1. The fraction of sp³-hybridized carbons (Fsp3) is 0.526. The van der Waals surface area contributed by atoms with Crippen LogP contribution in [0.4, 0.5) is 5.69 Å². The highest BCUT2D eigenvalue weighted by Crippen LogP contribution is 2.42. The molecule has 132 valence electrons. The topological polar surface area (TPSA) is 67.9 Å². The SMILES string of the molecule is O=C(c1ccc([N+](=O)[O-])cc1)N1CC[NH+](C[C@@H]2C[C@@H]3C=C[C@H]2C3)CC1. The minimum absolute atomic E-state index is 0.0168. The van der Waals surface area contributed by atoms with E-state index < -0.39 is 4.92 Å². The molecule has 0 unspecified atom stereocenters. The summed E-state index contributed by atoms with van der Waals surface area (Å²) in [5, 5.41) is 10.7. The first-order chi connectivity index (χ1) is 12.1. The molecule has 2 fully saturated rings. The summed E-state index contributed by atoms with van der Waals surface area (Å²) in [6, 6.07) is 5.91. The Morgan fingerprint density at radius 3 is 2.44 bits per heavy atom. The molecule has 1 saturated carbocycles. The Bertz CT molecular complexity index is 692. The van der Waals surface area contributed by atoms with Gasteiger partial charge in [-0.2, -0.15) is 0 Å². The third-order valence-electron chi connectivity index (χ3n) is 6.05. The maximum absolute atomic E-state index is 12.6. The summed E-state index contributed by atoms with van der Waals surface area (Å²) >= 11 is 0. The Morgan fingerprint density at radius 1 is 1.16 bits per heavy atom. The van der Waals surface area contributed by atoms with E-state index in [0.717, 1.165) is 43.9 Å². The summed E-state index contributed by atoms with van der Waals surface area (Å²) in [6.45, 7) is 4.75. The van der Waals surface area contributed by atoms with Gasteiger partial charge >= 0.3 is 0 Å². The van der Waals surface area contributed by atoms with Gasteiger partial charge in [-0.05, 0) is 36.8 Å². The summed E-state index contributed by atoms with van der Waals surface area (Å²) in [5.74, 6) is 2.41. The lowest BCUT2D eigenvalue weighted by atomic mass is 9.93. The largest absolute Gasteiger partial charge is 0.332 e. The summed E-state index contributed by atoms with van der Waals surface area (Å²) in [6.07, 6.45) is 7.49. The van der Waals surface area contributed by atoms with Gasteiger partial charge in [-0.3, -0.25) is 14.9 Å². The van der Waals surface area contributed by atoms with Crippen LogP contribution in [-0.4, -0.2) is 48.5 Å². The number of fused-ring (bicyclic) bond motifs is 2. The molecule has 1 heterocycles. The second-order valence-corrected chi connectivity index (χ2v) is 7.59. The van der Waals surface area contributed by atoms with Crippen molar-refractivity contribution in [3.05, 3.63) is 52.1 Å². The molecule has 2 bridgehead atoms.